The summed E-state index contributed by atoms with van der Waals surface area (Å²) in [5, 5.41) is 9.88. The summed E-state index contributed by atoms with van der Waals surface area (Å²) < 4.78 is 31.2. The van der Waals surface area contributed by atoms with Gasteiger partial charge in [-0.15, -0.1) is 0 Å². The standard InChI is InChI=1S/C14H17NO5S/c16-14(17)13-7-6-12(20-13)10-15-21(18,19)9-8-11-4-2-1-3-5-11/h1-5,8-9,12-13,15H,6-7,10H2,(H,16,17)/b9-8+. The molecule has 0 amide bonds. The lowest BCUT2D eigenvalue weighted by atomic mass is 10.2. The molecule has 0 saturated carbocycles. The summed E-state index contributed by atoms with van der Waals surface area (Å²) in [4.78, 5) is 10.7. The Hall–Kier alpha value is -1.70. The van der Waals surface area contributed by atoms with Crippen molar-refractivity contribution in [1.82, 2.24) is 4.72 Å². The Balaban J connectivity index is 1.85. The SMILES string of the molecule is O=C(O)C1CCC(CNS(=O)(=O)/C=C/c2ccccc2)O1. The third-order valence-electron chi connectivity index (χ3n) is 3.13. The van der Waals surface area contributed by atoms with Gasteiger partial charge in [0.1, 0.15) is 0 Å². The van der Waals surface area contributed by atoms with Crippen molar-refractivity contribution < 1.29 is 23.1 Å². The van der Waals surface area contributed by atoms with Crippen molar-refractivity contribution in [2.45, 2.75) is 25.0 Å². The summed E-state index contributed by atoms with van der Waals surface area (Å²) in [5.41, 5.74) is 0.783. The van der Waals surface area contributed by atoms with Crippen molar-refractivity contribution in [2.75, 3.05) is 6.54 Å². The summed E-state index contributed by atoms with van der Waals surface area (Å²) in [7, 11) is -3.56. The second kappa shape index (κ2) is 6.84. The van der Waals surface area contributed by atoms with E-state index in [9.17, 15) is 13.2 Å². The molecule has 2 unspecified atom stereocenters. The first-order valence-corrected chi connectivity index (χ1v) is 8.12. The molecule has 1 aliphatic rings. The van der Waals surface area contributed by atoms with Crippen molar-refractivity contribution in [2.24, 2.45) is 0 Å². The van der Waals surface area contributed by atoms with Gasteiger partial charge in [0.25, 0.3) is 0 Å². The molecule has 6 nitrogen and oxygen atoms in total. The van der Waals surface area contributed by atoms with E-state index in [1.54, 1.807) is 12.1 Å². The van der Waals surface area contributed by atoms with E-state index in [-0.39, 0.29) is 6.54 Å². The van der Waals surface area contributed by atoms with Crippen molar-refractivity contribution in [3.63, 3.8) is 0 Å². The van der Waals surface area contributed by atoms with E-state index in [0.29, 0.717) is 12.8 Å². The Bertz CT molecular complexity index is 612. The molecule has 0 radical (unpaired) electrons. The van der Waals surface area contributed by atoms with Crippen LogP contribution in [0.3, 0.4) is 0 Å². The van der Waals surface area contributed by atoms with E-state index in [1.165, 1.54) is 6.08 Å². The minimum absolute atomic E-state index is 0.0746. The fraction of sp³-hybridized carbons (Fsp3) is 0.357. The highest BCUT2D eigenvalue weighted by atomic mass is 32.2. The summed E-state index contributed by atoms with van der Waals surface area (Å²) in [6, 6.07) is 9.07. The number of carbonyl (C=O) groups is 1. The molecule has 2 rings (SSSR count). The third kappa shape index (κ3) is 4.96. The number of carboxylic acids is 1. The lowest BCUT2D eigenvalue weighted by molar-refractivity contribution is -0.149. The van der Waals surface area contributed by atoms with Gasteiger partial charge < -0.3 is 9.84 Å². The number of sulfonamides is 1. The zero-order valence-electron chi connectivity index (χ0n) is 11.3. The normalized spacial score (nSPS) is 22.7. The molecule has 1 fully saturated rings. The van der Waals surface area contributed by atoms with Crippen LogP contribution < -0.4 is 4.72 Å². The maximum absolute atomic E-state index is 11.8. The molecule has 1 heterocycles. The molecule has 0 aliphatic carbocycles. The summed E-state index contributed by atoms with van der Waals surface area (Å²) in [6.07, 6.45) is 1.20. The molecule has 0 spiro atoms. The zero-order valence-corrected chi connectivity index (χ0v) is 12.1. The smallest absolute Gasteiger partial charge is 0.332 e. The van der Waals surface area contributed by atoms with E-state index < -0.39 is 28.2 Å². The number of ether oxygens (including phenoxy) is 1. The second-order valence-corrected chi connectivity index (χ2v) is 6.42. The fourth-order valence-corrected chi connectivity index (χ4v) is 2.88. The van der Waals surface area contributed by atoms with Gasteiger partial charge >= 0.3 is 5.97 Å². The van der Waals surface area contributed by atoms with Gasteiger partial charge in [0, 0.05) is 12.0 Å². The first-order chi connectivity index (χ1) is 9.96. The Morgan fingerprint density at radius 1 is 1.33 bits per heavy atom. The first-order valence-electron chi connectivity index (χ1n) is 6.57. The monoisotopic (exact) mass is 311 g/mol. The Kier molecular flexibility index (Phi) is 5.11. The Morgan fingerprint density at radius 2 is 2.05 bits per heavy atom. The molecule has 2 N–H and O–H groups in total. The number of carboxylic acid groups (broad SMARTS) is 1. The van der Waals surface area contributed by atoms with E-state index in [0.717, 1.165) is 11.0 Å². The van der Waals surface area contributed by atoms with E-state index in [1.807, 2.05) is 18.2 Å². The van der Waals surface area contributed by atoms with Crippen LogP contribution in [0.1, 0.15) is 18.4 Å². The molecule has 2 atom stereocenters. The van der Waals surface area contributed by atoms with Crippen LogP contribution >= 0.6 is 0 Å². The average Bonchev–Trinajstić information content (AvgIpc) is 2.94. The number of aliphatic carboxylic acids is 1. The predicted octanol–water partition coefficient (Wildman–Crippen LogP) is 1.21. The van der Waals surface area contributed by atoms with Crippen LogP contribution in [-0.4, -0.2) is 38.2 Å². The molecule has 114 valence electrons. The van der Waals surface area contributed by atoms with Crippen LogP contribution in [0.5, 0.6) is 0 Å². The maximum Gasteiger partial charge on any atom is 0.332 e. The van der Waals surface area contributed by atoms with Crippen LogP contribution in [0.2, 0.25) is 0 Å². The van der Waals surface area contributed by atoms with Crippen LogP contribution in [0.25, 0.3) is 6.08 Å². The largest absolute Gasteiger partial charge is 0.479 e. The fourth-order valence-electron chi connectivity index (χ4n) is 2.03. The van der Waals surface area contributed by atoms with Gasteiger partial charge in [-0.25, -0.2) is 17.9 Å². The van der Waals surface area contributed by atoms with Gasteiger partial charge in [0.05, 0.1) is 6.10 Å². The highest BCUT2D eigenvalue weighted by Gasteiger charge is 2.30. The predicted molar refractivity (Wildman–Crippen MR) is 77.9 cm³/mol. The molecule has 21 heavy (non-hydrogen) atoms. The lowest BCUT2D eigenvalue weighted by Gasteiger charge is -2.11. The molecule has 0 aromatic heterocycles. The number of hydrogen-bond acceptors (Lipinski definition) is 4. The second-order valence-electron chi connectivity index (χ2n) is 4.77. The molecular formula is C14H17NO5S. The van der Waals surface area contributed by atoms with Crippen molar-refractivity contribution >= 4 is 22.1 Å². The molecule has 1 aliphatic heterocycles. The maximum atomic E-state index is 11.8. The summed E-state index contributed by atoms with van der Waals surface area (Å²) >= 11 is 0. The Labute approximate surface area is 123 Å². The van der Waals surface area contributed by atoms with E-state index in [2.05, 4.69) is 4.72 Å². The highest BCUT2D eigenvalue weighted by Crippen LogP contribution is 2.19. The first kappa shape index (κ1) is 15.7. The zero-order chi connectivity index (χ0) is 15.3. The number of hydrogen-bond donors (Lipinski definition) is 2. The van der Waals surface area contributed by atoms with Crippen LogP contribution in [0.4, 0.5) is 0 Å². The summed E-state index contributed by atoms with van der Waals surface area (Å²) in [5.74, 6) is -1.01. The van der Waals surface area contributed by atoms with Gasteiger partial charge in [-0.1, -0.05) is 30.3 Å². The molecular weight excluding hydrogens is 294 g/mol. The molecule has 1 aromatic carbocycles. The number of benzene rings is 1. The van der Waals surface area contributed by atoms with Crippen LogP contribution in [0.15, 0.2) is 35.7 Å². The minimum Gasteiger partial charge on any atom is -0.479 e. The van der Waals surface area contributed by atoms with Crippen molar-refractivity contribution in [3.05, 3.63) is 41.3 Å². The summed E-state index contributed by atoms with van der Waals surface area (Å²) in [6.45, 7) is 0.0746. The van der Waals surface area contributed by atoms with Crippen molar-refractivity contribution in [3.8, 4) is 0 Å². The number of nitrogens with one attached hydrogen (secondary N) is 1. The third-order valence-corrected chi connectivity index (χ3v) is 4.20. The lowest BCUT2D eigenvalue weighted by Crippen LogP contribution is -2.32. The van der Waals surface area contributed by atoms with Gasteiger partial charge in [0.15, 0.2) is 6.10 Å². The minimum atomic E-state index is -3.56. The average molecular weight is 311 g/mol. The highest BCUT2D eigenvalue weighted by molar-refractivity contribution is 7.92. The molecule has 1 aromatic rings. The van der Waals surface area contributed by atoms with Crippen molar-refractivity contribution in [1.29, 1.82) is 0 Å². The quantitative estimate of drug-likeness (QED) is 0.823. The molecule has 0 bridgehead atoms. The van der Waals surface area contributed by atoms with Gasteiger partial charge in [0.2, 0.25) is 10.0 Å². The van der Waals surface area contributed by atoms with E-state index in [4.69, 9.17) is 9.84 Å². The Morgan fingerprint density at radius 3 is 2.67 bits per heavy atom. The number of rotatable bonds is 6. The van der Waals surface area contributed by atoms with Gasteiger partial charge in [-0.3, -0.25) is 0 Å². The van der Waals surface area contributed by atoms with Gasteiger partial charge in [-0.2, -0.15) is 0 Å². The van der Waals surface area contributed by atoms with Gasteiger partial charge in [-0.05, 0) is 24.5 Å². The topological polar surface area (TPSA) is 92.7 Å². The molecule has 7 heteroatoms. The van der Waals surface area contributed by atoms with Crippen LogP contribution in [0, 0.1) is 0 Å². The van der Waals surface area contributed by atoms with Crippen LogP contribution in [-0.2, 0) is 19.6 Å². The molecule has 1 saturated heterocycles. The van der Waals surface area contributed by atoms with E-state index >= 15 is 0 Å².